The van der Waals surface area contributed by atoms with E-state index in [2.05, 4.69) is 33.9 Å². The maximum Gasteiger partial charge on any atom is 0.337 e. The minimum atomic E-state index is -1.02. The van der Waals surface area contributed by atoms with E-state index in [0.717, 1.165) is 23.2 Å². The summed E-state index contributed by atoms with van der Waals surface area (Å²) in [5, 5.41) is 9.26. The van der Waals surface area contributed by atoms with E-state index >= 15 is 0 Å². The first-order valence-electron chi connectivity index (χ1n) is 6.17. The molecule has 3 nitrogen and oxygen atoms in total. The third kappa shape index (κ3) is 2.95. The Labute approximate surface area is 117 Å². The fourth-order valence-corrected chi connectivity index (χ4v) is 4.65. The van der Waals surface area contributed by atoms with Gasteiger partial charge in [0.25, 0.3) is 0 Å². The SMILES string of the molecule is C[Si]1(C)CCN(c2cc(Br)ccc2C(=O)O)CC1. The molecule has 2 rings (SSSR count). The molecule has 1 aliphatic rings. The van der Waals surface area contributed by atoms with Gasteiger partial charge in [-0.25, -0.2) is 4.79 Å². The lowest BCUT2D eigenvalue weighted by molar-refractivity contribution is 0.0697. The lowest BCUT2D eigenvalue weighted by Crippen LogP contribution is -2.43. The van der Waals surface area contributed by atoms with Crippen molar-refractivity contribution in [3.8, 4) is 0 Å². The van der Waals surface area contributed by atoms with Gasteiger partial charge in [-0.15, -0.1) is 0 Å². The van der Waals surface area contributed by atoms with Gasteiger partial charge in [-0.3, -0.25) is 0 Å². The summed E-state index contributed by atoms with van der Waals surface area (Å²) in [5.74, 6) is -0.848. The van der Waals surface area contributed by atoms with E-state index in [1.165, 1.54) is 12.1 Å². The predicted molar refractivity (Wildman–Crippen MR) is 80.4 cm³/mol. The summed E-state index contributed by atoms with van der Waals surface area (Å²) in [5.41, 5.74) is 1.25. The number of carboxylic acid groups (broad SMARTS) is 1. The second-order valence-corrected chi connectivity index (χ2v) is 11.9. The Morgan fingerprint density at radius 3 is 2.50 bits per heavy atom. The van der Waals surface area contributed by atoms with Gasteiger partial charge in [0.2, 0.25) is 0 Å². The molecule has 0 saturated carbocycles. The van der Waals surface area contributed by atoms with Crippen molar-refractivity contribution in [2.24, 2.45) is 0 Å². The van der Waals surface area contributed by atoms with Gasteiger partial charge in [0.05, 0.1) is 19.3 Å². The summed E-state index contributed by atoms with van der Waals surface area (Å²) in [6.45, 7) is 6.78. The number of carbonyl (C=O) groups is 1. The predicted octanol–water partition coefficient (Wildman–Crippen LogP) is 3.68. The quantitative estimate of drug-likeness (QED) is 0.842. The van der Waals surface area contributed by atoms with Crippen LogP contribution in [0.4, 0.5) is 5.69 Å². The summed E-state index contributed by atoms with van der Waals surface area (Å²) < 4.78 is 0.935. The number of nitrogens with zero attached hydrogens (tertiary/aromatic N) is 1. The van der Waals surface area contributed by atoms with Crippen LogP contribution in [0.3, 0.4) is 0 Å². The van der Waals surface area contributed by atoms with E-state index in [-0.39, 0.29) is 0 Å². The molecule has 1 fully saturated rings. The highest BCUT2D eigenvalue weighted by Crippen LogP contribution is 2.30. The summed E-state index contributed by atoms with van der Waals surface area (Å²) in [4.78, 5) is 13.5. The Balaban J connectivity index is 2.28. The van der Waals surface area contributed by atoms with E-state index in [1.807, 2.05) is 6.07 Å². The summed E-state index contributed by atoms with van der Waals surface area (Å²) >= 11 is 3.42. The van der Waals surface area contributed by atoms with Gasteiger partial charge in [-0.2, -0.15) is 0 Å². The molecule has 0 spiro atoms. The van der Waals surface area contributed by atoms with Crippen molar-refractivity contribution in [1.29, 1.82) is 0 Å². The van der Waals surface area contributed by atoms with Crippen LogP contribution in [0.15, 0.2) is 22.7 Å². The van der Waals surface area contributed by atoms with Crippen LogP contribution in [0.2, 0.25) is 25.2 Å². The zero-order valence-corrected chi connectivity index (χ0v) is 13.3. The molecule has 0 radical (unpaired) electrons. The summed E-state index contributed by atoms with van der Waals surface area (Å²) in [6.07, 6.45) is 0. The summed E-state index contributed by atoms with van der Waals surface area (Å²) in [7, 11) is -1.02. The van der Waals surface area contributed by atoms with Crippen LogP contribution >= 0.6 is 15.9 Å². The van der Waals surface area contributed by atoms with Gasteiger partial charge in [-0.05, 0) is 30.3 Å². The number of hydrogen-bond donors (Lipinski definition) is 1. The molecule has 0 aliphatic carbocycles. The van der Waals surface area contributed by atoms with Gasteiger partial charge in [-0.1, -0.05) is 29.0 Å². The third-order valence-corrected chi connectivity index (χ3v) is 7.30. The van der Waals surface area contributed by atoms with E-state index in [9.17, 15) is 9.90 Å². The second kappa shape index (κ2) is 5.05. The van der Waals surface area contributed by atoms with Crippen molar-refractivity contribution < 1.29 is 9.90 Å². The van der Waals surface area contributed by atoms with Crippen molar-refractivity contribution in [1.82, 2.24) is 0 Å². The molecular formula is C13H18BrNO2Si. The first-order chi connectivity index (χ1) is 8.39. The normalized spacial score (nSPS) is 18.7. The number of carboxylic acids is 1. The Morgan fingerprint density at radius 2 is 1.94 bits per heavy atom. The average molecular weight is 328 g/mol. The van der Waals surface area contributed by atoms with Crippen molar-refractivity contribution in [2.45, 2.75) is 25.2 Å². The Bertz CT molecular complexity index is 466. The molecule has 1 N–H and O–H groups in total. The number of benzene rings is 1. The van der Waals surface area contributed by atoms with Crippen LogP contribution in [0.1, 0.15) is 10.4 Å². The second-order valence-electron chi connectivity index (χ2n) is 5.62. The first kappa shape index (κ1) is 13.6. The van der Waals surface area contributed by atoms with Gasteiger partial charge < -0.3 is 10.0 Å². The molecule has 1 aromatic rings. The zero-order chi connectivity index (χ0) is 13.3. The number of anilines is 1. The molecule has 1 saturated heterocycles. The van der Waals surface area contributed by atoms with E-state index in [0.29, 0.717) is 5.56 Å². The lowest BCUT2D eigenvalue weighted by Gasteiger charge is -2.37. The molecule has 0 aromatic heterocycles. The highest BCUT2D eigenvalue weighted by molar-refractivity contribution is 9.10. The number of aromatic carboxylic acids is 1. The van der Waals surface area contributed by atoms with Gasteiger partial charge in [0.1, 0.15) is 0 Å². The van der Waals surface area contributed by atoms with Crippen molar-refractivity contribution >= 4 is 35.7 Å². The Morgan fingerprint density at radius 1 is 1.33 bits per heavy atom. The first-order valence-corrected chi connectivity index (χ1v) is 10.4. The summed E-state index contributed by atoms with van der Waals surface area (Å²) in [6, 6.07) is 7.86. The molecule has 0 unspecified atom stereocenters. The fraction of sp³-hybridized carbons (Fsp3) is 0.462. The van der Waals surface area contributed by atoms with Crippen LogP contribution in [-0.2, 0) is 0 Å². The van der Waals surface area contributed by atoms with Crippen LogP contribution in [-0.4, -0.2) is 32.2 Å². The highest BCUT2D eigenvalue weighted by Gasteiger charge is 2.28. The third-order valence-electron chi connectivity index (χ3n) is 3.65. The molecular weight excluding hydrogens is 310 g/mol. The highest BCUT2D eigenvalue weighted by atomic mass is 79.9. The van der Waals surface area contributed by atoms with Crippen molar-refractivity contribution in [2.75, 3.05) is 18.0 Å². The molecule has 1 heterocycles. The van der Waals surface area contributed by atoms with E-state index < -0.39 is 14.0 Å². The average Bonchev–Trinajstić information content (AvgIpc) is 2.28. The molecule has 98 valence electrons. The van der Waals surface area contributed by atoms with Gasteiger partial charge in [0, 0.05) is 17.6 Å². The minimum Gasteiger partial charge on any atom is -0.478 e. The van der Waals surface area contributed by atoms with E-state index in [1.54, 1.807) is 12.1 Å². The number of hydrogen-bond acceptors (Lipinski definition) is 2. The molecule has 0 bridgehead atoms. The number of rotatable bonds is 2. The van der Waals surface area contributed by atoms with Crippen LogP contribution < -0.4 is 4.90 Å². The zero-order valence-electron chi connectivity index (χ0n) is 10.7. The van der Waals surface area contributed by atoms with Crippen molar-refractivity contribution in [3.63, 3.8) is 0 Å². The maximum atomic E-state index is 11.3. The lowest BCUT2D eigenvalue weighted by atomic mass is 10.1. The van der Waals surface area contributed by atoms with Crippen LogP contribution in [0.25, 0.3) is 0 Å². The number of halogens is 1. The largest absolute Gasteiger partial charge is 0.478 e. The molecule has 5 heteroatoms. The topological polar surface area (TPSA) is 40.5 Å². The Kier molecular flexibility index (Phi) is 3.82. The van der Waals surface area contributed by atoms with Gasteiger partial charge in [0.15, 0.2) is 0 Å². The monoisotopic (exact) mass is 327 g/mol. The molecule has 0 amide bonds. The van der Waals surface area contributed by atoms with Crippen LogP contribution in [0, 0.1) is 0 Å². The molecule has 0 atom stereocenters. The maximum absolute atomic E-state index is 11.3. The van der Waals surface area contributed by atoms with Crippen molar-refractivity contribution in [3.05, 3.63) is 28.2 Å². The molecule has 1 aromatic carbocycles. The molecule has 18 heavy (non-hydrogen) atoms. The molecule has 1 aliphatic heterocycles. The minimum absolute atomic E-state index is 0.402. The Hall–Kier alpha value is -0.813. The standard InChI is InChI=1S/C13H18BrNO2Si/c1-18(2)7-5-15(6-8-18)12-9-10(14)3-4-11(12)13(16)17/h3-4,9H,5-8H2,1-2H3,(H,16,17). The van der Waals surface area contributed by atoms with Crippen LogP contribution in [0.5, 0.6) is 0 Å². The van der Waals surface area contributed by atoms with E-state index in [4.69, 9.17) is 0 Å². The van der Waals surface area contributed by atoms with Gasteiger partial charge >= 0.3 is 5.97 Å². The fourth-order valence-electron chi connectivity index (χ4n) is 2.30. The smallest absolute Gasteiger partial charge is 0.337 e.